The van der Waals surface area contributed by atoms with Gasteiger partial charge in [0.15, 0.2) is 5.75 Å². The summed E-state index contributed by atoms with van der Waals surface area (Å²) in [7, 11) is -2.28. The highest BCUT2D eigenvalue weighted by atomic mass is 32.2. The molecular formula is C25H22F3N5O3S. The Bertz CT molecular complexity index is 1530. The van der Waals surface area contributed by atoms with Gasteiger partial charge in [0.25, 0.3) is 0 Å². The Morgan fingerprint density at radius 3 is 2.46 bits per heavy atom. The van der Waals surface area contributed by atoms with Crippen LogP contribution in [-0.2, 0) is 16.2 Å². The highest BCUT2D eigenvalue weighted by Crippen LogP contribution is 2.48. The number of nitriles is 1. The summed E-state index contributed by atoms with van der Waals surface area (Å²) in [5.74, 6) is -0.160. The fourth-order valence-electron chi connectivity index (χ4n) is 3.97. The SMILES string of the molecule is Cc1cc(C(F)(F)F)nc(C2CC2)c1Oc1nc(-c2cncc(C#N)c2)ccc1N(C)S(=O)(=O)C1CC1. The van der Waals surface area contributed by atoms with Crippen LogP contribution in [0.4, 0.5) is 18.9 Å². The second-order valence-corrected chi connectivity index (χ2v) is 11.5. The van der Waals surface area contributed by atoms with E-state index in [1.807, 2.05) is 6.07 Å². The zero-order chi connectivity index (χ0) is 26.5. The van der Waals surface area contributed by atoms with Crippen LogP contribution in [0.1, 0.15) is 54.1 Å². The fraction of sp³-hybridized carbons (Fsp3) is 0.360. The highest BCUT2D eigenvalue weighted by Gasteiger charge is 2.41. The van der Waals surface area contributed by atoms with Gasteiger partial charge in [-0.15, -0.1) is 0 Å². The summed E-state index contributed by atoms with van der Waals surface area (Å²) in [5.41, 5.74) is 0.668. The van der Waals surface area contributed by atoms with Gasteiger partial charge in [-0.1, -0.05) is 0 Å². The maximum atomic E-state index is 13.5. The predicted octanol–water partition coefficient (Wildman–Crippen LogP) is 5.34. The van der Waals surface area contributed by atoms with Crippen LogP contribution in [0.15, 0.2) is 36.7 Å². The molecule has 0 radical (unpaired) electrons. The molecule has 3 aromatic heterocycles. The quantitative estimate of drug-likeness (QED) is 0.407. The van der Waals surface area contributed by atoms with Crippen molar-refractivity contribution in [2.24, 2.45) is 0 Å². The molecule has 37 heavy (non-hydrogen) atoms. The van der Waals surface area contributed by atoms with Gasteiger partial charge in [0.2, 0.25) is 15.9 Å². The number of hydrogen-bond donors (Lipinski definition) is 0. The molecule has 0 amide bonds. The minimum atomic E-state index is -4.62. The Hall–Kier alpha value is -3.72. The van der Waals surface area contributed by atoms with E-state index in [1.165, 1.54) is 32.4 Å². The Morgan fingerprint density at radius 1 is 1.11 bits per heavy atom. The molecule has 5 rings (SSSR count). The molecule has 0 spiro atoms. The van der Waals surface area contributed by atoms with E-state index < -0.39 is 27.1 Å². The first-order valence-corrected chi connectivity index (χ1v) is 13.1. The second kappa shape index (κ2) is 8.99. The van der Waals surface area contributed by atoms with Crippen molar-refractivity contribution in [1.29, 1.82) is 5.26 Å². The molecule has 0 saturated heterocycles. The Balaban J connectivity index is 1.64. The Morgan fingerprint density at radius 2 is 1.84 bits per heavy atom. The van der Waals surface area contributed by atoms with Crippen molar-refractivity contribution in [2.75, 3.05) is 11.4 Å². The molecule has 2 aliphatic rings. The summed E-state index contributed by atoms with van der Waals surface area (Å²) < 4.78 is 73.6. The standard InChI is InChI=1S/C25H22F3N5O3S/c1-14-9-21(25(26,27)28)32-22(16-3-4-16)23(14)36-24-20(33(2)37(34,35)18-5-6-18)8-7-19(31-24)17-10-15(11-29)12-30-13-17/h7-10,12-13,16,18H,3-6H2,1-2H3. The molecule has 12 heteroatoms. The monoisotopic (exact) mass is 529 g/mol. The number of rotatable bonds is 7. The van der Waals surface area contributed by atoms with Crippen molar-refractivity contribution in [3.05, 3.63) is 59.2 Å². The van der Waals surface area contributed by atoms with Crippen LogP contribution in [0.5, 0.6) is 11.6 Å². The zero-order valence-corrected chi connectivity index (χ0v) is 20.8. The maximum Gasteiger partial charge on any atom is 0.433 e. The molecule has 3 heterocycles. The van der Waals surface area contributed by atoms with Crippen molar-refractivity contribution >= 4 is 15.7 Å². The molecule has 8 nitrogen and oxygen atoms in total. The van der Waals surface area contributed by atoms with Crippen LogP contribution in [0.25, 0.3) is 11.3 Å². The van der Waals surface area contributed by atoms with Gasteiger partial charge in [0, 0.05) is 30.9 Å². The summed E-state index contributed by atoms with van der Waals surface area (Å²) in [5, 5.41) is 8.72. The molecular weight excluding hydrogens is 507 g/mol. The van der Waals surface area contributed by atoms with Crippen LogP contribution < -0.4 is 9.04 Å². The first-order chi connectivity index (χ1) is 17.5. The second-order valence-electron chi connectivity index (χ2n) is 9.22. The lowest BCUT2D eigenvalue weighted by Crippen LogP contribution is -2.30. The molecule has 0 aliphatic heterocycles. The van der Waals surface area contributed by atoms with Crippen molar-refractivity contribution in [3.63, 3.8) is 0 Å². The number of nitrogens with zero attached hydrogens (tertiary/aromatic N) is 5. The molecule has 0 unspecified atom stereocenters. The smallest absolute Gasteiger partial charge is 0.433 e. The third-order valence-electron chi connectivity index (χ3n) is 6.31. The number of halogens is 3. The van der Waals surface area contributed by atoms with E-state index >= 15 is 0 Å². The number of aromatic nitrogens is 3. The molecule has 0 bridgehead atoms. The lowest BCUT2D eigenvalue weighted by atomic mass is 10.1. The van der Waals surface area contributed by atoms with E-state index in [4.69, 9.17) is 4.74 Å². The van der Waals surface area contributed by atoms with Crippen LogP contribution in [0.3, 0.4) is 0 Å². The number of sulfonamides is 1. The zero-order valence-electron chi connectivity index (χ0n) is 20.0. The van der Waals surface area contributed by atoms with E-state index in [-0.39, 0.29) is 34.5 Å². The Kier molecular flexibility index (Phi) is 6.06. The lowest BCUT2D eigenvalue weighted by Gasteiger charge is -2.23. The van der Waals surface area contributed by atoms with Gasteiger partial charge in [-0.25, -0.2) is 18.4 Å². The van der Waals surface area contributed by atoms with Gasteiger partial charge < -0.3 is 4.74 Å². The lowest BCUT2D eigenvalue weighted by molar-refractivity contribution is -0.141. The minimum absolute atomic E-state index is 0.0989. The largest absolute Gasteiger partial charge is 0.435 e. The first kappa shape index (κ1) is 25.0. The summed E-state index contributed by atoms with van der Waals surface area (Å²) in [6, 6.07) is 7.60. The van der Waals surface area contributed by atoms with Gasteiger partial charge in [-0.2, -0.15) is 18.4 Å². The van der Waals surface area contributed by atoms with E-state index in [0.29, 0.717) is 42.5 Å². The van der Waals surface area contributed by atoms with E-state index in [1.54, 1.807) is 12.1 Å². The van der Waals surface area contributed by atoms with Crippen molar-refractivity contribution in [1.82, 2.24) is 15.0 Å². The average Bonchev–Trinajstić information content (AvgIpc) is 3.76. The van der Waals surface area contributed by atoms with E-state index in [9.17, 15) is 26.9 Å². The number of ether oxygens (including phenoxy) is 1. The van der Waals surface area contributed by atoms with Crippen LogP contribution in [0.2, 0.25) is 0 Å². The highest BCUT2D eigenvalue weighted by molar-refractivity contribution is 7.93. The van der Waals surface area contributed by atoms with Crippen LogP contribution in [0, 0.1) is 18.3 Å². The van der Waals surface area contributed by atoms with E-state index in [0.717, 1.165) is 10.4 Å². The van der Waals surface area contributed by atoms with Gasteiger partial charge in [0.1, 0.15) is 17.5 Å². The third-order valence-corrected chi connectivity index (χ3v) is 8.58. The van der Waals surface area contributed by atoms with Crippen LogP contribution >= 0.6 is 0 Å². The topological polar surface area (TPSA) is 109 Å². The van der Waals surface area contributed by atoms with Crippen molar-refractivity contribution in [2.45, 2.75) is 50.0 Å². The van der Waals surface area contributed by atoms with Gasteiger partial charge in [-0.05, 0) is 62.4 Å². The normalized spacial score (nSPS) is 15.8. The first-order valence-electron chi connectivity index (χ1n) is 11.6. The number of anilines is 1. The predicted molar refractivity (Wildman–Crippen MR) is 129 cm³/mol. The van der Waals surface area contributed by atoms with Gasteiger partial charge in [0.05, 0.1) is 22.2 Å². The summed E-state index contributed by atoms with van der Waals surface area (Å²) in [4.78, 5) is 12.4. The average molecular weight is 530 g/mol. The Labute approximate surface area is 211 Å². The molecule has 0 aromatic carbocycles. The number of pyridine rings is 3. The summed E-state index contributed by atoms with van der Waals surface area (Å²) >= 11 is 0. The van der Waals surface area contributed by atoms with Crippen molar-refractivity contribution in [3.8, 4) is 29.0 Å². The fourth-order valence-corrected chi connectivity index (χ4v) is 5.56. The van der Waals surface area contributed by atoms with Gasteiger partial charge >= 0.3 is 6.18 Å². The van der Waals surface area contributed by atoms with Crippen LogP contribution in [-0.4, -0.2) is 35.7 Å². The molecule has 3 aromatic rings. The number of aryl methyl sites for hydroxylation is 1. The molecule has 0 N–H and O–H groups in total. The molecule has 2 fully saturated rings. The third kappa shape index (κ3) is 4.96. The molecule has 0 atom stereocenters. The number of hydrogen-bond acceptors (Lipinski definition) is 7. The summed E-state index contributed by atoms with van der Waals surface area (Å²) in [6.45, 7) is 1.49. The molecule has 2 saturated carbocycles. The van der Waals surface area contributed by atoms with Gasteiger partial charge in [-0.3, -0.25) is 9.29 Å². The minimum Gasteiger partial charge on any atom is -0.435 e. The molecule has 192 valence electrons. The number of alkyl halides is 3. The summed E-state index contributed by atoms with van der Waals surface area (Å²) in [6.07, 6.45) is 0.722. The van der Waals surface area contributed by atoms with E-state index in [2.05, 4.69) is 15.0 Å². The maximum absolute atomic E-state index is 13.5. The van der Waals surface area contributed by atoms with Crippen molar-refractivity contribution < 1.29 is 26.3 Å². The molecule has 2 aliphatic carbocycles.